The lowest BCUT2D eigenvalue weighted by molar-refractivity contribution is 0.562. The van der Waals surface area contributed by atoms with E-state index in [0.717, 1.165) is 29.2 Å². The predicted octanol–water partition coefficient (Wildman–Crippen LogP) is 4.69. The molecule has 2 rings (SSSR count). The summed E-state index contributed by atoms with van der Waals surface area (Å²) >= 11 is 12.0. The Labute approximate surface area is 138 Å². The highest BCUT2D eigenvalue weighted by molar-refractivity contribution is 6.35. The fraction of sp³-hybridized carbons (Fsp3) is 0.125. The van der Waals surface area contributed by atoms with Gasteiger partial charge in [-0.15, -0.1) is 0 Å². The number of hydrogen-bond donors (Lipinski definition) is 2. The molecule has 0 fully saturated rings. The van der Waals surface area contributed by atoms with Gasteiger partial charge in [0.15, 0.2) is 0 Å². The number of isocyanates is 2. The van der Waals surface area contributed by atoms with Crippen LogP contribution in [0.5, 0.6) is 0 Å². The maximum atomic E-state index is 8.35. The molecule has 0 spiro atoms. The van der Waals surface area contributed by atoms with E-state index in [1.54, 1.807) is 6.07 Å². The number of halogens is 2. The first-order valence-corrected chi connectivity index (χ1v) is 6.81. The molecule has 0 radical (unpaired) electrons. The summed E-state index contributed by atoms with van der Waals surface area (Å²) in [6.07, 6.45) is 2.35. The van der Waals surface area contributed by atoms with E-state index in [2.05, 4.69) is 19.1 Å². The molecule has 114 valence electrons. The summed E-state index contributed by atoms with van der Waals surface area (Å²) in [5.41, 5.74) is 3.70. The van der Waals surface area contributed by atoms with E-state index in [9.17, 15) is 0 Å². The third kappa shape index (κ3) is 7.53. The molecule has 0 unspecified atom stereocenters. The SMILES string of the molecule is Cc1ccccc1Cc1ccc(Cl)cc1Cl.N=C=O.N=C=O. The van der Waals surface area contributed by atoms with Crippen molar-refractivity contribution in [3.63, 3.8) is 0 Å². The van der Waals surface area contributed by atoms with Crippen molar-refractivity contribution in [1.82, 2.24) is 0 Å². The van der Waals surface area contributed by atoms with Gasteiger partial charge < -0.3 is 0 Å². The molecule has 2 aromatic carbocycles. The summed E-state index contributed by atoms with van der Waals surface area (Å²) in [5, 5.41) is 12.2. The largest absolute Gasteiger partial charge is 0.231 e. The van der Waals surface area contributed by atoms with Crippen molar-refractivity contribution in [2.75, 3.05) is 0 Å². The van der Waals surface area contributed by atoms with Crippen LogP contribution < -0.4 is 0 Å². The molecule has 0 aromatic heterocycles. The molecular formula is C16H14Cl2N2O2. The quantitative estimate of drug-likeness (QED) is 0.615. The van der Waals surface area contributed by atoms with E-state index in [1.165, 1.54) is 11.1 Å². The summed E-state index contributed by atoms with van der Waals surface area (Å²) in [6.45, 7) is 2.11. The Hall–Kier alpha value is -2.22. The molecule has 0 aliphatic heterocycles. The number of hydrogen-bond acceptors (Lipinski definition) is 4. The molecule has 2 aromatic rings. The zero-order valence-electron chi connectivity index (χ0n) is 11.8. The lowest BCUT2D eigenvalue weighted by Gasteiger charge is -2.07. The summed E-state index contributed by atoms with van der Waals surface area (Å²) < 4.78 is 0. The highest BCUT2D eigenvalue weighted by atomic mass is 35.5. The van der Waals surface area contributed by atoms with E-state index in [-0.39, 0.29) is 0 Å². The maximum Gasteiger partial charge on any atom is 0.231 e. The third-order valence-corrected chi connectivity index (χ3v) is 3.24. The van der Waals surface area contributed by atoms with Crippen LogP contribution >= 0.6 is 23.2 Å². The molecule has 0 bridgehead atoms. The molecule has 0 amide bonds. The average Bonchev–Trinajstić information content (AvgIpc) is 2.46. The van der Waals surface area contributed by atoms with Crippen molar-refractivity contribution < 1.29 is 9.59 Å². The van der Waals surface area contributed by atoms with Crippen molar-refractivity contribution in [1.29, 1.82) is 10.8 Å². The van der Waals surface area contributed by atoms with Crippen LogP contribution in [0.25, 0.3) is 0 Å². The Balaban J connectivity index is 0.000000639. The minimum atomic E-state index is 0.679. The molecule has 4 nitrogen and oxygen atoms in total. The van der Waals surface area contributed by atoms with E-state index in [1.807, 2.05) is 24.3 Å². The Bertz CT molecular complexity index is 664. The normalized spacial score (nSPS) is 8.32. The minimum Gasteiger partial charge on any atom is -0.222 e. The fourth-order valence-electron chi connectivity index (χ4n) is 1.68. The van der Waals surface area contributed by atoms with Gasteiger partial charge in [-0.25, -0.2) is 20.4 Å². The van der Waals surface area contributed by atoms with Crippen LogP contribution in [0.3, 0.4) is 0 Å². The fourth-order valence-corrected chi connectivity index (χ4v) is 2.15. The summed E-state index contributed by atoms with van der Waals surface area (Å²) in [7, 11) is 0. The molecule has 6 heteroatoms. The Kier molecular flexibility index (Phi) is 10.3. The molecule has 2 N–H and O–H groups in total. The van der Waals surface area contributed by atoms with Crippen molar-refractivity contribution in [2.24, 2.45) is 0 Å². The van der Waals surface area contributed by atoms with Gasteiger partial charge in [0.2, 0.25) is 12.2 Å². The first kappa shape index (κ1) is 19.8. The second-order valence-electron chi connectivity index (χ2n) is 4.04. The second kappa shape index (κ2) is 11.4. The van der Waals surface area contributed by atoms with Crippen LogP contribution in [0.15, 0.2) is 42.5 Å². The monoisotopic (exact) mass is 336 g/mol. The zero-order chi connectivity index (χ0) is 17.0. The van der Waals surface area contributed by atoms with Gasteiger partial charge in [-0.3, -0.25) is 0 Å². The molecule has 0 heterocycles. The number of rotatable bonds is 2. The smallest absolute Gasteiger partial charge is 0.222 e. The van der Waals surface area contributed by atoms with Gasteiger partial charge in [-0.1, -0.05) is 53.5 Å². The van der Waals surface area contributed by atoms with Crippen molar-refractivity contribution in [3.8, 4) is 0 Å². The zero-order valence-corrected chi connectivity index (χ0v) is 13.3. The number of nitrogens with one attached hydrogen (secondary N) is 2. The van der Waals surface area contributed by atoms with Crippen LogP contribution in [0.2, 0.25) is 10.0 Å². The number of carbonyl (C=O) groups excluding carboxylic acids is 2. The summed E-state index contributed by atoms with van der Waals surface area (Å²) in [6, 6.07) is 14.0. The van der Waals surface area contributed by atoms with Gasteiger partial charge in [0.05, 0.1) is 0 Å². The van der Waals surface area contributed by atoms with Crippen molar-refractivity contribution in [2.45, 2.75) is 13.3 Å². The predicted molar refractivity (Wildman–Crippen MR) is 87.3 cm³/mol. The Morgan fingerprint density at radius 3 is 2.00 bits per heavy atom. The van der Waals surface area contributed by atoms with E-state index >= 15 is 0 Å². The van der Waals surface area contributed by atoms with Gasteiger partial charge >= 0.3 is 0 Å². The van der Waals surface area contributed by atoms with Gasteiger partial charge in [0.25, 0.3) is 0 Å². The maximum absolute atomic E-state index is 8.35. The molecule has 0 saturated heterocycles. The highest BCUT2D eigenvalue weighted by Gasteiger charge is 2.04. The topological polar surface area (TPSA) is 81.8 Å². The van der Waals surface area contributed by atoms with Gasteiger partial charge in [0.1, 0.15) is 0 Å². The second-order valence-corrected chi connectivity index (χ2v) is 4.89. The van der Waals surface area contributed by atoms with E-state index in [4.69, 9.17) is 43.6 Å². The summed E-state index contributed by atoms with van der Waals surface area (Å²) in [5.74, 6) is 0. The van der Waals surface area contributed by atoms with Gasteiger partial charge in [0, 0.05) is 10.0 Å². The van der Waals surface area contributed by atoms with Crippen molar-refractivity contribution >= 4 is 35.4 Å². The highest BCUT2D eigenvalue weighted by Crippen LogP contribution is 2.24. The minimum absolute atomic E-state index is 0.679. The standard InChI is InChI=1S/C14H12Cl2.2CHNO/c1-10-4-2-3-5-11(10)8-12-6-7-13(15)9-14(12)16;2*2-1-3/h2-7,9H,8H2,1H3;2*2H. The van der Waals surface area contributed by atoms with Crippen LogP contribution in [0.4, 0.5) is 0 Å². The Morgan fingerprint density at radius 1 is 0.955 bits per heavy atom. The van der Waals surface area contributed by atoms with Crippen LogP contribution in [-0.4, -0.2) is 12.2 Å². The first-order chi connectivity index (χ1) is 10.5. The molecule has 0 atom stereocenters. The number of aryl methyl sites for hydroxylation is 1. The van der Waals surface area contributed by atoms with Crippen molar-refractivity contribution in [3.05, 3.63) is 69.2 Å². The first-order valence-electron chi connectivity index (χ1n) is 6.06. The Morgan fingerprint density at radius 2 is 1.50 bits per heavy atom. The molecule has 0 saturated carbocycles. The lowest BCUT2D eigenvalue weighted by Crippen LogP contribution is -1.92. The van der Waals surface area contributed by atoms with Crippen LogP contribution in [-0.2, 0) is 16.0 Å². The summed E-state index contributed by atoms with van der Waals surface area (Å²) in [4.78, 5) is 16.7. The van der Waals surface area contributed by atoms with Crippen LogP contribution in [0.1, 0.15) is 16.7 Å². The van der Waals surface area contributed by atoms with E-state index < -0.39 is 0 Å². The van der Waals surface area contributed by atoms with E-state index in [0.29, 0.717) is 5.02 Å². The average molecular weight is 337 g/mol. The molecular weight excluding hydrogens is 323 g/mol. The molecule has 0 aliphatic rings. The third-order valence-electron chi connectivity index (χ3n) is 2.66. The van der Waals surface area contributed by atoms with Crippen LogP contribution in [0, 0.1) is 17.7 Å². The van der Waals surface area contributed by atoms with Gasteiger partial charge in [-0.2, -0.15) is 0 Å². The molecule has 22 heavy (non-hydrogen) atoms. The molecule has 0 aliphatic carbocycles. The number of benzene rings is 2. The lowest BCUT2D eigenvalue weighted by atomic mass is 10.0. The van der Waals surface area contributed by atoms with Gasteiger partial charge in [-0.05, 0) is 42.2 Å².